The highest BCUT2D eigenvalue weighted by molar-refractivity contribution is 5.73. The molecule has 2 N–H and O–H groups in total. The van der Waals surface area contributed by atoms with Crippen LogP contribution in [0.3, 0.4) is 0 Å². The zero-order chi connectivity index (χ0) is 9.40. The molecule has 0 aliphatic heterocycles. The average Bonchev–Trinajstić information content (AvgIpc) is 1.95. The lowest BCUT2D eigenvalue weighted by Crippen LogP contribution is -2.21. The normalized spacial score (nSPS) is 9.83. The first-order valence-corrected chi connectivity index (χ1v) is 3.77. The van der Waals surface area contributed by atoms with Crippen LogP contribution in [0.1, 0.15) is 13.8 Å². The van der Waals surface area contributed by atoms with Gasteiger partial charge in [0.1, 0.15) is 0 Å². The van der Waals surface area contributed by atoms with E-state index in [2.05, 4.69) is 10.6 Å². The van der Waals surface area contributed by atoms with E-state index in [1.165, 1.54) is 13.8 Å². The second kappa shape index (κ2) is 6.39. The molecule has 12 heavy (non-hydrogen) atoms. The Bertz CT molecular complexity index is 167. The van der Waals surface area contributed by atoms with Crippen LogP contribution in [0.15, 0.2) is 12.2 Å². The van der Waals surface area contributed by atoms with Gasteiger partial charge in [0, 0.05) is 26.9 Å². The Kier molecular flexibility index (Phi) is 5.69. The fourth-order valence-corrected chi connectivity index (χ4v) is 0.572. The molecule has 2 amide bonds. The number of hydrogen-bond acceptors (Lipinski definition) is 2. The summed E-state index contributed by atoms with van der Waals surface area (Å²) >= 11 is 0. The van der Waals surface area contributed by atoms with E-state index in [1.54, 1.807) is 12.2 Å². The third kappa shape index (κ3) is 8.68. The van der Waals surface area contributed by atoms with E-state index in [0.717, 1.165) is 0 Å². The number of amides is 2. The summed E-state index contributed by atoms with van der Waals surface area (Å²) in [5, 5.41) is 5.19. The van der Waals surface area contributed by atoms with Crippen LogP contribution in [0.5, 0.6) is 0 Å². The van der Waals surface area contributed by atoms with Crippen molar-refractivity contribution in [2.24, 2.45) is 0 Å². The molecule has 0 aromatic rings. The van der Waals surface area contributed by atoms with Gasteiger partial charge < -0.3 is 10.6 Å². The Labute approximate surface area is 72.0 Å². The second-order valence-corrected chi connectivity index (χ2v) is 2.35. The maximum atomic E-state index is 10.4. The quantitative estimate of drug-likeness (QED) is 0.575. The lowest BCUT2D eigenvalue weighted by Gasteiger charge is -1.96. The fourth-order valence-electron chi connectivity index (χ4n) is 0.572. The maximum Gasteiger partial charge on any atom is 0.217 e. The van der Waals surface area contributed by atoms with E-state index < -0.39 is 0 Å². The number of carbonyl (C=O) groups is 2. The van der Waals surface area contributed by atoms with Crippen molar-refractivity contribution in [2.45, 2.75) is 13.8 Å². The van der Waals surface area contributed by atoms with Gasteiger partial charge in [-0.25, -0.2) is 0 Å². The molecule has 4 heteroatoms. The van der Waals surface area contributed by atoms with Gasteiger partial charge >= 0.3 is 0 Å². The summed E-state index contributed by atoms with van der Waals surface area (Å²) in [5.74, 6) is -0.113. The largest absolute Gasteiger partial charge is 0.353 e. The lowest BCUT2D eigenvalue weighted by molar-refractivity contribution is -0.119. The summed E-state index contributed by atoms with van der Waals surface area (Å²) in [7, 11) is 0. The molecule has 0 atom stereocenters. The maximum absolute atomic E-state index is 10.4. The molecule has 68 valence electrons. The molecule has 4 nitrogen and oxygen atoms in total. The Morgan fingerprint density at radius 1 is 1.00 bits per heavy atom. The molecular weight excluding hydrogens is 156 g/mol. The van der Waals surface area contributed by atoms with E-state index in [9.17, 15) is 9.59 Å². The van der Waals surface area contributed by atoms with Gasteiger partial charge in [-0.1, -0.05) is 12.2 Å². The van der Waals surface area contributed by atoms with E-state index in [-0.39, 0.29) is 11.8 Å². The monoisotopic (exact) mass is 170 g/mol. The van der Waals surface area contributed by atoms with Crippen molar-refractivity contribution in [1.82, 2.24) is 10.6 Å². The summed E-state index contributed by atoms with van der Waals surface area (Å²) in [4.78, 5) is 20.7. The highest BCUT2D eigenvalue weighted by Gasteiger charge is 1.85. The Hall–Kier alpha value is -1.32. The molecule has 0 bridgehead atoms. The number of carbonyl (C=O) groups excluding carboxylic acids is 2. The molecule has 0 aliphatic carbocycles. The highest BCUT2D eigenvalue weighted by atomic mass is 16.1. The van der Waals surface area contributed by atoms with Crippen LogP contribution in [-0.4, -0.2) is 24.9 Å². The van der Waals surface area contributed by atoms with Crippen LogP contribution in [-0.2, 0) is 9.59 Å². The summed E-state index contributed by atoms with van der Waals surface area (Å²) < 4.78 is 0. The predicted molar refractivity (Wildman–Crippen MR) is 46.5 cm³/mol. The van der Waals surface area contributed by atoms with Crippen molar-refractivity contribution in [1.29, 1.82) is 0 Å². The zero-order valence-corrected chi connectivity index (χ0v) is 7.39. The molecule has 0 saturated carbocycles. The number of rotatable bonds is 4. The van der Waals surface area contributed by atoms with Crippen molar-refractivity contribution in [2.75, 3.05) is 13.1 Å². The molecule has 0 aromatic heterocycles. The molecular formula is C8H14N2O2. The summed E-state index contributed by atoms with van der Waals surface area (Å²) in [6, 6.07) is 0. The predicted octanol–water partition coefficient (Wildman–Crippen LogP) is -0.185. The molecule has 0 aromatic carbocycles. The van der Waals surface area contributed by atoms with Gasteiger partial charge in [-0.15, -0.1) is 0 Å². The summed E-state index contributed by atoms with van der Waals surface area (Å²) in [6.45, 7) is 3.94. The molecule has 0 spiro atoms. The second-order valence-electron chi connectivity index (χ2n) is 2.35. The first kappa shape index (κ1) is 10.7. The number of hydrogen-bond donors (Lipinski definition) is 2. The van der Waals surface area contributed by atoms with Gasteiger partial charge in [-0.05, 0) is 0 Å². The fraction of sp³-hybridized carbons (Fsp3) is 0.500. The van der Waals surface area contributed by atoms with Crippen molar-refractivity contribution in [3.8, 4) is 0 Å². The van der Waals surface area contributed by atoms with Gasteiger partial charge in [0.05, 0.1) is 0 Å². The van der Waals surface area contributed by atoms with Gasteiger partial charge in [0.2, 0.25) is 11.8 Å². The van der Waals surface area contributed by atoms with E-state index >= 15 is 0 Å². The summed E-state index contributed by atoms with van der Waals surface area (Å²) in [6.07, 6.45) is 3.58. The topological polar surface area (TPSA) is 58.2 Å². The highest BCUT2D eigenvalue weighted by Crippen LogP contribution is 1.70. The van der Waals surface area contributed by atoms with Crippen LogP contribution in [0.4, 0.5) is 0 Å². The minimum absolute atomic E-state index is 0.0563. The third-order valence-corrected chi connectivity index (χ3v) is 1.10. The summed E-state index contributed by atoms with van der Waals surface area (Å²) in [5.41, 5.74) is 0. The molecule has 0 unspecified atom stereocenters. The minimum Gasteiger partial charge on any atom is -0.353 e. The Balaban J connectivity index is 3.26. The van der Waals surface area contributed by atoms with Crippen molar-refractivity contribution < 1.29 is 9.59 Å². The third-order valence-electron chi connectivity index (χ3n) is 1.10. The van der Waals surface area contributed by atoms with E-state index in [0.29, 0.717) is 13.1 Å². The van der Waals surface area contributed by atoms with Crippen molar-refractivity contribution >= 4 is 11.8 Å². The SMILES string of the molecule is CC(=O)NC/C=C\CNC(C)=O. The van der Waals surface area contributed by atoms with Crippen LogP contribution in [0.2, 0.25) is 0 Å². The van der Waals surface area contributed by atoms with Crippen LogP contribution in [0.25, 0.3) is 0 Å². The Morgan fingerprint density at radius 2 is 1.33 bits per heavy atom. The number of nitrogens with one attached hydrogen (secondary N) is 2. The molecule has 0 heterocycles. The van der Waals surface area contributed by atoms with E-state index in [1.807, 2.05) is 0 Å². The van der Waals surface area contributed by atoms with Crippen LogP contribution in [0, 0.1) is 0 Å². The first-order valence-electron chi connectivity index (χ1n) is 3.77. The molecule has 0 aliphatic rings. The Morgan fingerprint density at radius 3 is 1.58 bits per heavy atom. The standard InChI is InChI=1S/C8H14N2O2/c1-7(11)9-5-3-4-6-10-8(2)12/h3-4H,5-6H2,1-2H3,(H,9,11)(H,10,12)/b4-3-. The lowest BCUT2D eigenvalue weighted by atomic mass is 10.4. The smallest absolute Gasteiger partial charge is 0.217 e. The molecule has 0 rings (SSSR count). The first-order chi connectivity index (χ1) is 5.63. The molecule has 0 saturated heterocycles. The van der Waals surface area contributed by atoms with Crippen molar-refractivity contribution in [3.05, 3.63) is 12.2 Å². The average molecular weight is 170 g/mol. The van der Waals surface area contributed by atoms with Gasteiger partial charge in [0.25, 0.3) is 0 Å². The zero-order valence-electron chi connectivity index (χ0n) is 7.39. The van der Waals surface area contributed by atoms with Gasteiger partial charge in [-0.2, -0.15) is 0 Å². The molecule has 0 radical (unpaired) electrons. The van der Waals surface area contributed by atoms with Crippen LogP contribution < -0.4 is 10.6 Å². The van der Waals surface area contributed by atoms with Gasteiger partial charge in [-0.3, -0.25) is 9.59 Å². The van der Waals surface area contributed by atoms with E-state index in [4.69, 9.17) is 0 Å². The minimum atomic E-state index is -0.0563. The molecule has 0 fully saturated rings. The van der Waals surface area contributed by atoms with Gasteiger partial charge in [0.15, 0.2) is 0 Å². The van der Waals surface area contributed by atoms with Crippen molar-refractivity contribution in [3.63, 3.8) is 0 Å². The van der Waals surface area contributed by atoms with Crippen LogP contribution >= 0.6 is 0 Å².